The maximum atomic E-state index is 10.3. The second-order valence-corrected chi connectivity index (χ2v) is 6.19. The van der Waals surface area contributed by atoms with Crippen molar-refractivity contribution in [2.24, 2.45) is 0 Å². The lowest BCUT2D eigenvalue weighted by atomic mass is 9.72. The molecule has 4 rings (SSSR count). The topological polar surface area (TPSA) is 48.7 Å². The van der Waals surface area contributed by atoms with Crippen LogP contribution in [-0.4, -0.2) is 4.98 Å². The summed E-state index contributed by atoms with van der Waals surface area (Å²) in [4.78, 5) is 4.54. The Morgan fingerprint density at radius 2 is 1.75 bits per heavy atom. The number of hydrogen-bond acceptors (Lipinski definition) is 3. The summed E-state index contributed by atoms with van der Waals surface area (Å²) in [5, 5.41) is 14.4. The summed E-state index contributed by atoms with van der Waals surface area (Å²) in [5.74, 6) is 0. The molecule has 2 atom stereocenters. The van der Waals surface area contributed by atoms with Crippen LogP contribution in [0, 0.1) is 11.3 Å². The van der Waals surface area contributed by atoms with E-state index in [0.29, 0.717) is 5.02 Å². The maximum absolute atomic E-state index is 10.3. The Labute approximate surface area is 145 Å². The van der Waals surface area contributed by atoms with Crippen LogP contribution in [0.1, 0.15) is 22.9 Å². The predicted molar refractivity (Wildman–Crippen MR) is 94.9 cm³/mol. The molecule has 1 aromatic heterocycles. The normalized spacial score (nSPS) is 21.6. The molecule has 1 aliphatic rings. The lowest BCUT2D eigenvalue weighted by Crippen LogP contribution is -2.33. The molecule has 0 spiro atoms. The van der Waals surface area contributed by atoms with E-state index in [1.165, 1.54) is 0 Å². The molecule has 0 bridgehead atoms. The number of aromatic nitrogens is 1. The summed E-state index contributed by atoms with van der Waals surface area (Å²) in [6.45, 7) is 0. The molecule has 1 aliphatic heterocycles. The van der Waals surface area contributed by atoms with E-state index in [4.69, 9.17) is 11.6 Å². The Hall–Kier alpha value is -2.83. The highest BCUT2D eigenvalue weighted by atomic mass is 35.5. The Kier molecular flexibility index (Phi) is 3.48. The SMILES string of the molecule is N#C[C@@]1(c2ccccc2)c2ncccc2N[C@H]1c1ccccc1Cl. The van der Waals surface area contributed by atoms with E-state index in [-0.39, 0.29) is 6.04 Å². The van der Waals surface area contributed by atoms with Crippen molar-refractivity contribution >= 4 is 17.3 Å². The molecule has 3 nitrogen and oxygen atoms in total. The first-order chi connectivity index (χ1) is 11.8. The van der Waals surface area contributed by atoms with Crippen molar-refractivity contribution in [1.82, 2.24) is 4.98 Å². The van der Waals surface area contributed by atoms with Crippen molar-refractivity contribution in [1.29, 1.82) is 5.26 Å². The van der Waals surface area contributed by atoms with E-state index >= 15 is 0 Å². The fourth-order valence-electron chi connectivity index (χ4n) is 3.44. The number of halogens is 1. The molecule has 24 heavy (non-hydrogen) atoms. The van der Waals surface area contributed by atoms with Gasteiger partial charge in [-0.2, -0.15) is 5.26 Å². The Morgan fingerprint density at radius 3 is 2.50 bits per heavy atom. The molecule has 2 aromatic carbocycles. The molecule has 0 amide bonds. The van der Waals surface area contributed by atoms with Crippen LogP contribution in [0.3, 0.4) is 0 Å². The number of nitrogens with zero attached hydrogens (tertiary/aromatic N) is 2. The first-order valence-corrected chi connectivity index (χ1v) is 8.08. The largest absolute Gasteiger partial charge is 0.374 e. The minimum atomic E-state index is -0.928. The van der Waals surface area contributed by atoms with E-state index in [0.717, 1.165) is 22.5 Å². The summed E-state index contributed by atoms with van der Waals surface area (Å²) >= 11 is 6.45. The molecule has 4 heteroatoms. The lowest BCUT2D eigenvalue weighted by Gasteiger charge is -2.29. The van der Waals surface area contributed by atoms with Crippen LogP contribution >= 0.6 is 11.6 Å². The van der Waals surface area contributed by atoms with Crippen molar-refractivity contribution < 1.29 is 0 Å². The van der Waals surface area contributed by atoms with Gasteiger partial charge in [-0.15, -0.1) is 0 Å². The van der Waals surface area contributed by atoms with Gasteiger partial charge in [0.1, 0.15) is 0 Å². The summed E-state index contributed by atoms with van der Waals surface area (Å²) in [7, 11) is 0. The second kappa shape index (κ2) is 5.67. The number of nitriles is 1. The fourth-order valence-corrected chi connectivity index (χ4v) is 3.69. The van der Waals surface area contributed by atoms with Crippen molar-refractivity contribution in [3.8, 4) is 6.07 Å². The van der Waals surface area contributed by atoms with E-state index in [1.807, 2.05) is 66.7 Å². The van der Waals surface area contributed by atoms with Gasteiger partial charge in [0.15, 0.2) is 5.41 Å². The van der Waals surface area contributed by atoms with Crippen molar-refractivity contribution in [2.45, 2.75) is 11.5 Å². The Balaban J connectivity index is 2.02. The minimum absolute atomic E-state index is 0.302. The number of fused-ring (bicyclic) bond motifs is 1. The van der Waals surface area contributed by atoms with Gasteiger partial charge in [0, 0.05) is 11.2 Å². The first-order valence-electron chi connectivity index (χ1n) is 7.70. The van der Waals surface area contributed by atoms with Gasteiger partial charge in [0.2, 0.25) is 0 Å². The summed E-state index contributed by atoms with van der Waals surface area (Å²) in [5.41, 5.74) is 2.48. The van der Waals surface area contributed by atoms with Gasteiger partial charge >= 0.3 is 0 Å². The van der Waals surface area contributed by atoms with Crippen LogP contribution in [0.25, 0.3) is 0 Å². The molecule has 0 radical (unpaired) electrons. The van der Waals surface area contributed by atoms with Crippen LogP contribution < -0.4 is 5.32 Å². The van der Waals surface area contributed by atoms with E-state index < -0.39 is 5.41 Å². The third-order valence-electron chi connectivity index (χ3n) is 4.54. The maximum Gasteiger partial charge on any atom is 0.150 e. The van der Waals surface area contributed by atoms with Crippen LogP contribution in [0.2, 0.25) is 5.02 Å². The highest BCUT2D eigenvalue weighted by molar-refractivity contribution is 6.31. The van der Waals surface area contributed by atoms with Gasteiger partial charge < -0.3 is 5.32 Å². The van der Waals surface area contributed by atoms with Crippen LogP contribution in [0.4, 0.5) is 5.69 Å². The van der Waals surface area contributed by atoms with E-state index in [2.05, 4.69) is 16.4 Å². The summed E-state index contributed by atoms with van der Waals surface area (Å²) < 4.78 is 0. The molecule has 1 N–H and O–H groups in total. The standard InChI is InChI=1S/C20H14ClN3/c21-16-10-5-4-9-15(16)18-20(13-22,14-7-2-1-3-8-14)19-17(24-18)11-6-12-23-19/h1-12,18,24H/t18-,20-/m0/s1. The van der Waals surface area contributed by atoms with Gasteiger partial charge in [0.25, 0.3) is 0 Å². The highest BCUT2D eigenvalue weighted by Gasteiger charge is 2.51. The highest BCUT2D eigenvalue weighted by Crippen LogP contribution is 2.52. The van der Waals surface area contributed by atoms with Crippen molar-refractivity contribution in [3.05, 3.63) is 94.8 Å². The molecule has 0 fully saturated rings. The molecule has 3 aromatic rings. The third-order valence-corrected chi connectivity index (χ3v) is 4.88. The molecule has 0 saturated heterocycles. The Bertz CT molecular complexity index is 933. The van der Waals surface area contributed by atoms with Gasteiger partial charge in [-0.3, -0.25) is 4.98 Å². The molecule has 116 valence electrons. The van der Waals surface area contributed by atoms with Crippen molar-refractivity contribution in [2.75, 3.05) is 5.32 Å². The molecule has 0 unspecified atom stereocenters. The fraction of sp³-hybridized carbons (Fsp3) is 0.100. The summed E-state index contributed by atoms with van der Waals surface area (Å²) in [6.07, 6.45) is 1.73. The lowest BCUT2D eigenvalue weighted by molar-refractivity contribution is 0.574. The van der Waals surface area contributed by atoms with Gasteiger partial charge in [-0.25, -0.2) is 0 Å². The van der Waals surface area contributed by atoms with Crippen molar-refractivity contribution in [3.63, 3.8) is 0 Å². The van der Waals surface area contributed by atoms with Gasteiger partial charge in [-0.1, -0.05) is 60.1 Å². The van der Waals surface area contributed by atoms with Gasteiger partial charge in [-0.05, 0) is 29.3 Å². The van der Waals surface area contributed by atoms with E-state index in [9.17, 15) is 5.26 Å². The molecule has 0 aliphatic carbocycles. The average Bonchev–Trinajstić information content (AvgIpc) is 2.98. The van der Waals surface area contributed by atoms with E-state index in [1.54, 1.807) is 6.20 Å². The second-order valence-electron chi connectivity index (χ2n) is 5.78. The zero-order chi connectivity index (χ0) is 16.6. The number of nitrogens with one attached hydrogen (secondary N) is 1. The molecular formula is C20H14ClN3. The smallest absolute Gasteiger partial charge is 0.150 e. The molecular weight excluding hydrogens is 318 g/mol. The number of anilines is 1. The first kappa shape index (κ1) is 14.7. The molecule has 2 heterocycles. The molecule has 0 saturated carbocycles. The minimum Gasteiger partial charge on any atom is -0.374 e. The summed E-state index contributed by atoms with van der Waals surface area (Å²) in [6, 6.07) is 23.5. The van der Waals surface area contributed by atoms with Crippen LogP contribution in [0.15, 0.2) is 72.9 Å². The zero-order valence-electron chi connectivity index (χ0n) is 12.8. The zero-order valence-corrected chi connectivity index (χ0v) is 13.5. The van der Waals surface area contributed by atoms with Gasteiger partial charge in [0.05, 0.1) is 23.5 Å². The third kappa shape index (κ3) is 2.01. The number of benzene rings is 2. The number of pyridine rings is 1. The Morgan fingerprint density at radius 1 is 1.00 bits per heavy atom. The number of rotatable bonds is 2. The monoisotopic (exact) mass is 331 g/mol. The average molecular weight is 332 g/mol. The van der Waals surface area contributed by atoms with Crippen LogP contribution in [0.5, 0.6) is 0 Å². The number of hydrogen-bond donors (Lipinski definition) is 1. The van der Waals surface area contributed by atoms with Crippen LogP contribution in [-0.2, 0) is 5.41 Å². The predicted octanol–water partition coefficient (Wildman–Crippen LogP) is 4.71. The quantitative estimate of drug-likeness (QED) is 0.739.